The summed E-state index contributed by atoms with van der Waals surface area (Å²) in [4.78, 5) is 24.4. The maximum absolute atomic E-state index is 12.3. The van der Waals surface area contributed by atoms with Crippen LogP contribution in [0.25, 0.3) is 11.1 Å². The van der Waals surface area contributed by atoms with Gasteiger partial charge < -0.3 is 18.9 Å². The molecule has 0 unspecified atom stereocenters. The zero-order valence-corrected chi connectivity index (χ0v) is 17.9. The van der Waals surface area contributed by atoms with Crippen LogP contribution in [-0.2, 0) is 16.0 Å². The first-order valence-electron chi connectivity index (χ1n) is 10.8. The minimum atomic E-state index is -0.556. The monoisotopic (exact) mass is 422 g/mol. The molecule has 0 amide bonds. The van der Waals surface area contributed by atoms with Crippen molar-refractivity contribution < 1.29 is 28.5 Å². The number of hydrogen-bond donors (Lipinski definition) is 0. The average molecular weight is 422 g/mol. The predicted molar refractivity (Wildman–Crippen MR) is 114 cm³/mol. The summed E-state index contributed by atoms with van der Waals surface area (Å²) in [5.41, 5.74) is 3.05. The largest absolute Gasteiger partial charge is 0.493 e. The highest BCUT2D eigenvalue weighted by atomic mass is 16.6. The molecule has 31 heavy (non-hydrogen) atoms. The van der Waals surface area contributed by atoms with Crippen LogP contribution in [0.5, 0.6) is 17.2 Å². The Kier molecular flexibility index (Phi) is 4.88. The Hall–Kier alpha value is -3.02. The first kappa shape index (κ1) is 19.9. The highest BCUT2D eigenvalue weighted by Gasteiger charge is 2.50. The third-order valence-electron chi connectivity index (χ3n) is 6.38. The summed E-state index contributed by atoms with van der Waals surface area (Å²) in [7, 11) is 3.16. The quantitative estimate of drug-likeness (QED) is 0.589. The van der Waals surface area contributed by atoms with Gasteiger partial charge in [0.05, 0.1) is 20.1 Å². The van der Waals surface area contributed by atoms with E-state index in [0.717, 1.165) is 47.9 Å². The molecule has 0 N–H and O–H groups in total. The van der Waals surface area contributed by atoms with Gasteiger partial charge in [-0.05, 0) is 55.4 Å². The molecule has 2 fully saturated rings. The van der Waals surface area contributed by atoms with Crippen LogP contribution in [0.1, 0.15) is 48.0 Å². The third kappa shape index (κ3) is 3.64. The molecule has 0 saturated heterocycles. The first-order chi connectivity index (χ1) is 15.0. The van der Waals surface area contributed by atoms with Gasteiger partial charge in [0.15, 0.2) is 17.3 Å². The van der Waals surface area contributed by atoms with Gasteiger partial charge in [-0.15, -0.1) is 0 Å². The normalized spacial score (nSPS) is 18.3. The lowest BCUT2D eigenvalue weighted by Gasteiger charge is -2.22. The number of ketones is 1. The molecule has 3 aliphatic carbocycles. The second kappa shape index (κ2) is 7.59. The van der Waals surface area contributed by atoms with Gasteiger partial charge in [0.25, 0.3) is 0 Å². The lowest BCUT2D eigenvalue weighted by Crippen LogP contribution is -2.28. The van der Waals surface area contributed by atoms with Crippen molar-refractivity contribution in [2.24, 2.45) is 5.92 Å². The lowest BCUT2D eigenvalue weighted by atomic mass is 9.95. The smallest absolute Gasteiger partial charge is 0.309 e. The van der Waals surface area contributed by atoms with E-state index >= 15 is 0 Å². The Balaban J connectivity index is 1.50. The van der Waals surface area contributed by atoms with E-state index in [1.807, 2.05) is 30.3 Å². The van der Waals surface area contributed by atoms with Gasteiger partial charge >= 0.3 is 5.97 Å². The van der Waals surface area contributed by atoms with Gasteiger partial charge in [0.2, 0.25) is 5.75 Å². The maximum Gasteiger partial charge on any atom is 0.309 e. The summed E-state index contributed by atoms with van der Waals surface area (Å²) >= 11 is 0. The highest BCUT2D eigenvalue weighted by molar-refractivity contribution is 6.02. The number of fused-ring (bicyclic) bond motifs is 1. The van der Waals surface area contributed by atoms with Gasteiger partial charge in [0, 0.05) is 17.5 Å². The molecule has 2 aromatic carbocycles. The van der Waals surface area contributed by atoms with Crippen LogP contribution in [0.15, 0.2) is 30.3 Å². The topological polar surface area (TPSA) is 71.1 Å². The Morgan fingerprint density at radius 3 is 2.42 bits per heavy atom. The van der Waals surface area contributed by atoms with E-state index in [9.17, 15) is 9.59 Å². The molecule has 0 heterocycles. The van der Waals surface area contributed by atoms with Gasteiger partial charge in [-0.25, -0.2) is 0 Å². The maximum atomic E-state index is 12.3. The summed E-state index contributed by atoms with van der Waals surface area (Å²) in [6, 6.07) is 9.57. The van der Waals surface area contributed by atoms with Crippen LogP contribution in [0.2, 0.25) is 0 Å². The van der Waals surface area contributed by atoms with Crippen molar-refractivity contribution in [1.29, 1.82) is 0 Å². The van der Waals surface area contributed by atoms with Crippen molar-refractivity contribution in [3.63, 3.8) is 0 Å². The minimum absolute atomic E-state index is 0.0591. The van der Waals surface area contributed by atoms with Crippen LogP contribution in [0.3, 0.4) is 0 Å². The molecule has 0 radical (unpaired) electrons. The number of methoxy groups -OCH3 is 2. The van der Waals surface area contributed by atoms with Crippen molar-refractivity contribution in [2.75, 3.05) is 20.8 Å². The Labute approximate surface area is 181 Å². The summed E-state index contributed by atoms with van der Waals surface area (Å²) in [5.74, 6) is 1.71. The number of esters is 1. The number of hydrogen-bond acceptors (Lipinski definition) is 6. The standard InChI is InChI=1S/C25H26O6/c1-28-21-11-9-19(16-4-3-5-18-17(16)8-10-20(18)26)22(23(21)29-2)30-14-25(12-13-25)31-24(27)15-6-7-15/h3-5,9,11,15H,6-8,10,12-14H2,1-2H3. The van der Waals surface area contributed by atoms with Crippen LogP contribution >= 0.6 is 0 Å². The second-order valence-corrected chi connectivity index (χ2v) is 8.60. The van der Waals surface area contributed by atoms with Crippen LogP contribution in [0.4, 0.5) is 0 Å². The van der Waals surface area contributed by atoms with Crippen molar-refractivity contribution in [2.45, 2.75) is 44.1 Å². The number of Topliss-reactive ketones (excluding diaryl/α,β-unsaturated/α-hetero) is 1. The molecule has 0 aromatic heterocycles. The highest BCUT2D eigenvalue weighted by Crippen LogP contribution is 2.49. The molecule has 6 heteroatoms. The molecule has 2 aromatic rings. The van der Waals surface area contributed by atoms with Gasteiger partial charge in [-0.3, -0.25) is 9.59 Å². The SMILES string of the molecule is COc1ccc(-c2cccc3c2CCC3=O)c(OCC2(OC(=O)C3CC3)CC2)c1OC. The number of carbonyl (C=O) groups is 2. The van der Waals surface area contributed by atoms with Gasteiger partial charge in [-0.2, -0.15) is 0 Å². The fourth-order valence-electron chi connectivity index (χ4n) is 4.23. The molecule has 3 aliphatic rings. The fourth-order valence-corrected chi connectivity index (χ4v) is 4.23. The van der Waals surface area contributed by atoms with Crippen LogP contribution in [0, 0.1) is 5.92 Å². The van der Waals surface area contributed by atoms with E-state index in [4.69, 9.17) is 18.9 Å². The molecule has 0 aliphatic heterocycles. The molecule has 0 atom stereocenters. The number of rotatable bonds is 8. The summed E-state index contributed by atoms with van der Waals surface area (Å²) < 4.78 is 23.2. The van der Waals surface area contributed by atoms with Crippen molar-refractivity contribution >= 4 is 11.8 Å². The first-order valence-corrected chi connectivity index (χ1v) is 10.8. The zero-order valence-electron chi connectivity index (χ0n) is 17.9. The third-order valence-corrected chi connectivity index (χ3v) is 6.38. The van der Waals surface area contributed by atoms with E-state index in [0.29, 0.717) is 30.1 Å². The molecular weight excluding hydrogens is 396 g/mol. The molecule has 162 valence electrons. The van der Waals surface area contributed by atoms with Crippen molar-refractivity contribution in [1.82, 2.24) is 0 Å². The lowest BCUT2D eigenvalue weighted by molar-refractivity contribution is -0.154. The van der Waals surface area contributed by atoms with Crippen LogP contribution in [-0.4, -0.2) is 38.2 Å². The Morgan fingerprint density at radius 2 is 1.74 bits per heavy atom. The van der Waals surface area contributed by atoms with E-state index in [2.05, 4.69) is 0 Å². The van der Waals surface area contributed by atoms with E-state index in [1.165, 1.54) is 0 Å². The average Bonchev–Trinajstić information content (AvgIpc) is 3.71. The Morgan fingerprint density at radius 1 is 0.968 bits per heavy atom. The Bertz CT molecular complexity index is 1050. The number of carbonyl (C=O) groups excluding carboxylic acids is 2. The van der Waals surface area contributed by atoms with E-state index in [1.54, 1.807) is 14.2 Å². The predicted octanol–water partition coefficient (Wildman–Crippen LogP) is 4.36. The molecule has 2 saturated carbocycles. The fraction of sp³-hybridized carbons (Fsp3) is 0.440. The molecule has 5 rings (SSSR count). The molecule has 6 nitrogen and oxygen atoms in total. The molecule has 0 spiro atoms. The van der Waals surface area contributed by atoms with Crippen molar-refractivity contribution in [3.8, 4) is 28.4 Å². The van der Waals surface area contributed by atoms with E-state index in [-0.39, 0.29) is 24.3 Å². The van der Waals surface area contributed by atoms with Crippen molar-refractivity contribution in [3.05, 3.63) is 41.5 Å². The number of benzene rings is 2. The van der Waals surface area contributed by atoms with Gasteiger partial charge in [-0.1, -0.05) is 18.2 Å². The number of ether oxygens (including phenoxy) is 4. The second-order valence-electron chi connectivity index (χ2n) is 8.60. The summed E-state index contributed by atoms with van der Waals surface area (Å²) in [6.45, 7) is 0.260. The summed E-state index contributed by atoms with van der Waals surface area (Å²) in [6.07, 6.45) is 4.66. The minimum Gasteiger partial charge on any atom is -0.493 e. The zero-order chi connectivity index (χ0) is 21.6. The summed E-state index contributed by atoms with van der Waals surface area (Å²) in [5, 5.41) is 0. The molecule has 0 bridgehead atoms. The van der Waals surface area contributed by atoms with Gasteiger partial charge in [0.1, 0.15) is 12.2 Å². The van der Waals surface area contributed by atoms with E-state index < -0.39 is 5.60 Å². The molecular formula is C25H26O6. The van der Waals surface area contributed by atoms with Crippen LogP contribution < -0.4 is 14.2 Å².